The molecule has 2 rings (SSSR count). The van der Waals surface area contributed by atoms with Crippen LogP contribution in [0.15, 0.2) is 30.6 Å². The summed E-state index contributed by atoms with van der Waals surface area (Å²) in [6, 6.07) is 5.06. The van der Waals surface area contributed by atoms with Crippen LogP contribution < -0.4 is 0 Å². The predicted molar refractivity (Wildman–Crippen MR) is 60.0 cm³/mol. The Morgan fingerprint density at radius 3 is 2.62 bits per heavy atom. The van der Waals surface area contributed by atoms with Gasteiger partial charge in [-0.15, -0.1) is 0 Å². The summed E-state index contributed by atoms with van der Waals surface area (Å²) in [4.78, 5) is 10.3. The van der Waals surface area contributed by atoms with Crippen LogP contribution in [0, 0.1) is 17.0 Å². The lowest BCUT2D eigenvalue weighted by molar-refractivity contribution is -0.385. The molecule has 5 heteroatoms. The maximum absolute atomic E-state index is 10.7. The highest BCUT2D eigenvalue weighted by Crippen LogP contribution is 2.25. The molecule has 0 saturated heterocycles. The van der Waals surface area contributed by atoms with Crippen molar-refractivity contribution in [1.82, 2.24) is 9.78 Å². The van der Waals surface area contributed by atoms with Crippen molar-refractivity contribution < 1.29 is 4.92 Å². The van der Waals surface area contributed by atoms with Crippen molar-refractivity contribution in [2.75, 3.05) is 0 Å². The van der Waals surface area contributed by atoms with Crippen LogP contribution in [0.2, 0.25) is 0 Å². The van der Waals surface area contributed by atoms with Gasteiger partial charge in [0.1, 0.15) is 0 Å². The SMILES string of the molecule is Cc1cc(-c2cnn(C)c2)ccc1[N+](=O)[O-]. The molecule has 0 atom stereocenters. The van der Waals surface area contributed by atoms with E-state index in [0.717, 1.165) is 11.1 Å². The molecule has 0 N–H and O–H groups in total. The molecule has 0 spiro atoms. The Hall–Kier alpha value is -2.17. The number of aromatic nitrogens is 2. The second-order valence-corrected chi connectivity index (χ2v) is 3.66. The molecule has 2 aromatic rings. The van der Waals surface area contributed by atoms with Gasteiger partial charge in [0.25, 0.3) is 5.69 Å². The highest BCUT2D eigenvalue weighted by molar-refractivity contribution is 5.65. The van der Waals surface area contributed by atoms with Crippen molar-refractivity contribution in [2.45, 2.75) is 6.92 Å². The quantitative estimate of drug-likeness (QED) is 0.572. The zero-order chi connectivity index (χ0) is 11.7. The van der Waals surface area contributed by atoms with E-state index in [1.807, 2.05) is 13.2 Å². The Labute approximate surface area is 92.5 Å². The number of benzene rings is 1. The smallest absolute Gasteiger partial charge is 0.272 e. The lowest BCUT2D eigenvalue weighted by atomic mass is 10.1. The normalized spacial score (nSPS) is 10.4. The molecule has 0 aliphatic heterocycles. The fraction of sp³-hybridized carbons (Fsp3) is 0.182. The lowest BCUT2D eigenvalue weighted by Crippen LogP contribution is -1.91. The van der Waals surface area contributed by atoms with Crippen LogP contribution in [-0.2, 0) is 7.05 Å². The maximum atomic E-state index is 10.7. The van der Waals surface area contributed by atoms with Crippen molar-refractivity contribution in [3.05, 3.63) is 46.3 Å². The summed E-state index contributed by atoms with van der Waals surface area (Å²) in [7, 11) is 1.84. The molecule has 0 bridgehead atoms. The summed E-state index contributed by atoms with van der Waals surface area (Å²) in [5, 5.41) is 14.7. The molecule has 0 aliphatic rings. The van der Waals surface area contributed by atoms with Gasteiger partial charge in [0.05, 0.1) is 11.1 Å². The number of rotatable bonds is 2. The van der Waals surface area contributed by atoms with Crippen molar-refractivity contribution in [3.63, 3.8) is 0 Å². The monoisotopic (exact) mass is 217 g/mol. The molecular weight excluding hydrogens is 206 g/mol. The van der Waals surface area contributed by atoms with Crippen LogP contribution >= 0.6 is 0 Å². The summed E-state index contributed by atoms with van der Waals surface area (Å²) >= 11 is 0. The first-order valence-corrected chi connectivity index (χ1v) is 4.82. The molecule has 1 aromatic heterocycles. The Bertz CT molecular complexity index is 546. The van der Waals surface area contributed by atoms with Gasteiger partial charge in [0, 0.05) is 30.4 Å². The minimum Gasteiger partial charge on any atom is -0.275 e. The Balaban J connectivity index is 2.45. The second kappa shape index (κ2) is 3.77. The third-order valence-electron chi connectivity index (χ3n) is 2.43. The van der Waals surface area contributed by atoms with Gasteiger partial charge >= 0.3 is 0 Å². The van der Waals surface area contributed by atoms with E-state index in [2.05, 4.69) is 5.10 Å². The van der Waals surface area contributed by atoms with Gasteiger partial charge in [-0.1, -0.05) is 0 Å². The molecular formula is C11H11N3O2. The molecule has 82 valence electrons. The number of nitrogens with zero attached hydrogens (tertiary/aromatic N) is 3. The molecule has 0 fully saturated rings. The summed E-state index contributed by atoms with van der Waals surface area (Å²) in [5.41, 5.74) is 2.70. The van der Waals surface area contributed by atoms with E-state index in [-0.39, 0.29) is 10.6 Å². The fourth-order valence-corrected chi connectivity index (χ4v) is 1.61. The fourth-order valence-electron chi connectivity index (χ4n) is 1.61. The number of nitro benzene ring substituents is 1. The van der Waals surface area contributed by atoms with Crippen LogP contribution in [0.5, 0.6) is 0 Å². The van der Waals surface area contributed by atoms with Gasteiger partial charge in [0.15, 0.2) is 0 Å². The first kappa shape index (κ1) is 10.4. The zero-order valence-electron chi connectivity index (χ0n) is 9.04. The van der Waals surface area contributed by atoms with E-state index < -0.39 is 0 Å². The van der Waals surface area contributed by atoms with E-state index in [1.54, 1.807) is 29.9 Å². The number of aryl methyl sites for hydroxylation is 2. The van der Waals surface area contributed by atoms with Gasteiger partial charge in [0.2, 0.25) is 0 Å². The Kier molecular flexibility index (Phi) is 2.44. The summed E-state index contributed by atoms with van der Waals surface area (Å²) in [6.07, 6.45) is 3.61. The molecule has 0 saturated carbocycles. The standard InChI is InChI=1S/C11H11N3O2/c1-8-5-9(3-4-11(8)14(15)16)10-6-12-13(2)7-10/h3-7H,1-2H3. The zero-order valence-corrected chi connectivity index (χ0v) is 9.04. The molecule has 0 unspecified atom stereocenters. The van der Waals surface area contributed by atoms with Gasteiger partial charge in [-0.25, -0.2) is 0 Å². The van der Waals surface area contributed by atoms with Crippen LogP contribution in [0.25, 0.3) is 11.1 Å². The minimum atomic E-state index is -0.373. The predicted octanol–water partition coefficient (Wildman–Crippen LogP) is 2.30. The van der Waals surface area contributed by atoms with Crippen LogP contribution in [0.1, 0.15) is 5.56 Å². The lowest BCUT2D eigenvalue weighted by Gasteiger charge is -2.00. The molecule has 0 radical (unpaired) electrons. The van der Waals surface area contributed by atoms with Crippen molar-refractivity contribution >= 4 is 5.69 Å². The molecule has 1 heterocycles. The van der Waals surface area contributed by atoms with E-state index in [4.69, 9.17) is 0 Å². The Morgan fingerprint density at radius 2 is 2.12 bits per heavy atom. The van der Waals surface area contributed by atoms with Crippen molar-refractivity contribution in [3.8, 4) is 11.1 Å². The van der Waals surface area contributed by atoms with E-state index in [1.165, 1.54) is 6.07 Å². The molecule has 1 aromatic carbocycles. The minimum absolute atomic E-state index is 0.146. The number of hydrogen-bond acceptors (Lipinski definition) is 3. The van der Waals surface area contributed by atoms with Crippen molar-refractivity contribution in [1.29, 1.82) is 0 Å². The topological polar surface area (TPSA) is 61.0 Å². The molecule has 16 heavy (non-hydrogen) atoms. The average molecular weight is 217 g/mol. The van der Waals surface area contributed by atoms with Gasteiger partial charge in [-0.3, -0.25) is 14.8 Å². The van der Waals surface area contributed by atoms with Gasteiger partial charge in [-0.05, 0) is 24.6 Å². The highest BCUT2D eigenvalue weighted by Gasteiger charge is 2.11. The van der Waals surface area contributed by atoms with Crippen LogP contribution in [-0.4, -0.2) is 14.7 Å². The van der Waals surface area contributed by atoms with Crippen LogP contribution in [0.4, 0.5) is 5.69 Å². The summed E-state index contributed by atoms with van der Waals surface area (Å²) in [5.74, 6) is 0. The van der Waals surface area contributed by atoms with Gasteiger partial charge < -0.3 is 0 Å². The average Bonchev–Trinajstić information content (AvgIpc) is 2.64. The van der Waals surface area contributed by atoms with Gasteiger partial charge in [-0.2, -0.15) is 5.10 Å². The molecule has 0 aliphatic carbocycles. The summed E-state index contributed by atoms with van der Waals surface area (Å²) < 4.78 is 1.70. The number of nitro groups is 1. The third kappa shape index (κ3) is 1.79. The second-order valence-electron chi connectivity index (χ2n) is 3.66. The molecule has 0 amide bonds. The van der Waals surface area contributed by atoms with E-state index >= 15 is 0 Å². The molecule has 5 nitrogen and oxygen atoms in total. The first-order valence-electron chi connectivity index (χ1n) is 4.82. The van der Waals surface area contributed by atoms with E-state index in [0.29, 0.717) is 5.56 Å². The van der Waals surface area contributed by atoms with E-state index in [9.17, 15) is 10.1 Å². The third-order valence-corrected chi connectivity index (χ3v) is 2.43. The van der Waals surface area contributed by atoms with Crippen molar-refractivity contribution in [2.24, 2.45) is 7.05 Å². The first-order chi connectivity index (χ1) is 7.58. The summed E-state index contributed by atoms with van der Waals surface area (Å²) in [6.45, 7) is 1.73. The largest absolute Gasteiger partial charge is 0.275 e. The van der Waals surface area contributed by atoms with Crippen LogP contribution in [0.3, 0.4) is 0 Å². The number of hydrogen-bond donors (Lipinski definition) is 0. The Morgan fingerprint density at radius 1 is 1.38 bits per heavy atom. The maximum Gasteiger partial charge on any atom is 0.272 e. The highest BCUT2D eigenvalue weighted by atomic mass is 16.6.